The van der Waals surface area contributed by atoms with Gasteiger partial charge in [-0.3, -0.25) is 4.98 Å². The summed E-state index contributed by atoms with van der Waals surface area (Å²) in [6.07, 6.45) is 2.43. The molecule has 1 aromatic carbocycles. The van der Waals surface area contributed by atoms with Crippen molar-refractivity contribution in [3.63, 3.8) is 0 Å². The first kappa shape index (κ1) is 8.90. The van der Waals surface area contributed by atoms with Gasteiger partial charge in [-0.1, -0.05) is 6.07 Å². The van der Waals surface area contributed by atoms with Gasteiger partial charge in [0, 0.05) is 0 Å². The van der Waals surface area contributed by atoms with Gasteiger partial charge in [-0.2, -0.15) is 0 Å². The Balaban J connectivity index is 2.50. The maximum Gasteiger partial charge on any atom is 0.142 e. The molecule has 72 valence electrons. The van der Waals surface area contributed by atoms with Crippen LogP contribution in [0.15, 0.2) is 24.4 Å². The van der Waals surface area contributed by atoms with Crippen LogP contribution in [0.3, 0.4) is 0 Å². The molecule has 0 spiro atoms. The van der Waals surface area contributed by atoms with E-state index in [1.165, 1.54) is 5.56 Å². The normalized spacial score (nSPS) is 10.6. The van der Waals surface area contributed by atoms with Gasteiger partial charge in [0.1, 0.15) is 5.82 Å². The lowest BCUT2D eigenvalue weighted by Crippen LogP contribution is -2.02. The van der Waals surface area contributed by atoms with E-state index in [2.05, 4.69) is 9.97 Å². The number of fused-ring (bicyclic) bond motifs is 1. The van der Waals surface area contributed by atoms with Gasteiger partial charge in [-0.15, -0.1) is 0 Å². The molecule has 0 fully saturated rings. The van der Waals surface area contributed by atoms with Gasteiger partial charge >= 0.3 is 0 Å². The van der Waals surface area contributed by atoms with Crippen LogP contribution in [0.5, 0.6) is 0 Å². The van der Waals surface area contributed by atoms with E-state index < -0.39 is 0 Å². The minimum absolute atomic E-state index is 0.448. The summed E-state index contributed by atoms with van der Waals surface area (Å²) < 4.78 is 0. The summed E-state index contributed by atoms with van der Waals surface area (Å²) in [7, 11) is 0. The van der Waals surface area contributed by atoms with Crippen molar-refractivity contribution in [1.82, 2.24) is 9.97 Å². The van der Waals surface area contributed by atoms with Crippen LogP contribution < -0.4 is 11.5 Å². The van der Waals surface area contributed by atoms with Crippen LogP contribution in [0.1, 0.15) is 5.56 Å². The van der Waals surface area contributed by atoms with Crippen LogP contribution in [-0.2, 0) is 6.42 Å². The van der Waals surface area contributed by atoms with E-state index in [1.807, 2.05) is 18.2 Å². The van der Waals surface area contributed by atoms with E-state index in [0.717, 1.165) is 17.5 Å². The molecule has 14 heavy (non-hydrogen) atoms. The highest BCUT2D eigenvalue weighted by atomic mass is 14.9. The van der Waals surface area contributed by atoms with Gasteiger partial charge in [0.2, 0.25) is 0 Å². The molecule has 4 N–H and O–H groups in total. The molecular weight excluding hydrogens is 176 g/mol. The van der Waals surface area contributed by atoms with E-state index in [4.69, 9.17) is 11.5 Å². The third kappa shape index (κ3) is 1.65. The third-order valence-corrected chi connectivity index (χ3v) is 2.06. The molecule has 0 radical (unpaired) electrons. The second kappa shape index (κ2) is 3.59. The van der Waals surface area contributed by atoms with Crippen LogP contribution in [0.4, 0.5) is 5.82 Å². The number of anilines is 1. The lowest BCUT2D eigenvalue weighted by molar-refractivity contribution is 0.970. The fraction of sp³-hybridized carbons (Fsp3) is 0.200. The van der Waals surface area contributed by atoms with Crippen molar-refractivity contribution in [1.29, 1.82) is 0 Å². The van der Waals surface area contributed by atoms with E-state index >= 15 is 0 Å². The highest BCUT2D eigenvalue weighted by Crippen LogP contribution is 2.12. The van der Waals surface area contributed by atoms with E-state index in [1.54, 1.807) is 6.20 Å². The monoisotopic (exact) mass is 188 g/mol. The quantitative estimate of drug-likeness (QED) is 0.727. The molecule has 0 atom stereocenters. The fourth-order valence-electron chi connectivity index (χ4n) is 1.39. The van der Waals surface area contributed by atoms with E-state index in [-0.39, 0.29) is 0 Å². The van der Waals surface area contributed by atoms with Crippen molar-refractivity contribution >= 4 is 16.9 Å². The number of benzene rings is 1. The Kier molecular flexibility index (Phi) is 2.28. The van der Waals surface area contributed by atoms with Crippen molar-refractivity contribution in [3.05, 3.63) is 30.0 Å². The SMILES string of the molecule is NCCc1ccc2nc(N)cnc2c1. The summed E-state index contributed by atoms with van der Waals surface area (Å²) in [5.74, 6) is 0.448. The van der Waals surface area contributed by atoms with Gasteiger partial charge in [0.15, 0.2) is 0 Å². The van der Waals surface area contributed by atoms with Crippen molar-refractivity contribution in [2.45, 2.75) is 6.42 Å². The average molecular weight is 188 g/mol. The second-order valence-electron chi connectivity index (χ2n) is 3.16. The predicted octanol–water partition coefficient (Wildman–Crippen LogP) is 0.713. The highest BCUT2D eigenvalue weighted by molar-refractivity contribution is 5.75. The average Bonchev–Trinajstić information content (AvgIpc) is 2.19. The fourth-order valence-corrected chi connectivity index (χ4v) is 1.39. The summed E-state index contributed by atoms with van der Waals surface area (Å²) in [5, 5.41) is 0. The second-order valence-corrected chi connectivity index (χ2v) is 3.16. The maximum absolute atomic E-state index is 5.53. The molecule has 0 bridgehead atoms. The zero-order valence-corrected chi connectivity index (χ0v) is 7.77. The summed E-state index contributed by atoms with van der Waals surface area (Å²) in [4.78, 5) is 8.36. The Morgan fingerprint density at radius 3 is 2.86 bits per heavy atom. The number of nitrogens with two attached hydrogens (primary N) is 2. The minimum atomic E-state index is 0.448. The molecule has 1 aromatic heterocycles. The summed E-state index contributed by atoms with van der Waals surface area (Å²) in [6.45, 7) is 0.647. The lowest BCUT2D eigenvalue weighted by Gasteiger charge is -2.01. The Morgan fingerprint density at radius 2 is 2.07 bits per heavy atom. The zero-order chi connectivity index (χ0) is 9.97. The summed E-state index contributed by atoms with van der Waals surface area (Å²) in [5.41, 5.74) is 13.9. The number of aromatic nitrogens is 2. The number of nitrogen functional groups attached to an aromatic ring is 1. The Labute approximate surface area is 82.0 Å². The van der Waals surface area contributed by atoms with Crippen molar-refractivity contribution in [2.75, 3.05) is 12.3 Å². The van der Waals surface area contributed by atoms with E-state index in [0.29, 0.717) is 12.4 Å². The van der Waals surface area contributed by atoms with Gasteiger partial charge in [0.05, 0.1) is 17.2 Å². The van der Waals surface area contributed by atoms with E-state index in [9.17, 15) is 0 Å². The molecule has 0 aliphatic rings. The number of rotatable bonds is 2. The molecule has 0 aliphatic carbocycles. The first-order valence-electron chi connectivity index (χ1n) is 4.51. The Bertz CT molecular complexity index is 453. The molecule has 0 amide bonds. The molecule has 0 aliphatic heterocycles. The standard InChI is InChI=1S/C10H12N4/c11-4-3-7-1-2-8-9(5-7)13-6-10(12)14-8/h1-2,5-6H,3-4,11H2,(H2,12,14). The topological polar surface area (TPSA) is 77.8 Å². The molecule has 2 rings (SSSR count). The summed E-state index contributed by atoms with van der Waals surface area (Å²) >= 11 is 0. The van der Waals surface area contributed by atoms with Gasteiger partial charge in [-0.25, -0.2) is 4.98 Å². The van der Waals surface area contributed by atoms with Crippen molar-refractivity contribution < 1.29 is 0 Å². The molecule has 1 heterocycles. The summed E-state index contributed by atoms with van der Waals surface area (Å²) in [6, 6.07) is 5.92. The minimum Gasteiger partial charge on any atom is -0.382 e. The zero-order valence-electron chi connectivity index (χ0n) is 7.77. The first-order valence-corrected chi connectivity index (χ1v) is 4.51. The predicted molar refractivity (Wildman–Crippen MR) is 56.7 cm³/mol. The molecule has 4 nitrogen and oxygen atoms in total. The smallest absolute Gasteiger partial charge is 0.142 e. The van der Waals surface area contributed by atoms with Crippen molar-refractivity contribution in [2.24, 2.45) is 5.73 Å². The lowest BCUT2D eigenvalue weighted by atomic mass is 10.1. The highest BCUT2D eigenvalue weighted by Gasteiger charge is 1.98. The molecule has 0 saturated heterocycles. The number of hydrogen-bond acceptors (Lipinski definition) is 4. The van der Waals surface area contributed by atoms with Crippen LogP contribution in [0, 0.1) is 0 Å². The van der Waals surface area contributed by atoms with Crippen LogP contribution in [0.25, 0.3) is 11.0 Å². The molecular formula is C10H12N4. The maximum atomic E-state index is 5.53. The first-order chi connectivity index (χ1) is 6.79. The Morgan fingerprint density at radius 1 is 1.21 bits per heavy atom. The van der Waals surface area contributed by atoms with Gasteiger partial charge in [0.25, 0.3) is 0 Å². The third-order valence-electron chi connectivity index (χ3n) is 2.06. The van der Waals surface area contributed by atoms with Crippen LogP contribution >= 0.6 is 0 Å². The largest absolute Gasteiger partial charge is 0.382 e. The molecule has 4 heteroatoms. The van der Waals surface area contributed by atoms with Gasteiger partial charge < -0.3 is 11.5 Å². The van der Waals surface area contributed by atoms with Gasteiger partial charge in [-0.05, 0) is 30.7 Å². The van der Waals surface area contributed by atoms with Crippen LogP contribution in [0.2, 0.25) is 0 Å². The van der Waals surface area contributed by atoms with Crippen molar-refractivity contribution in [3.8, 4) is 0 Å². The molecule has 0 unspecified atom stereocenters. The van der Waals surface area contributed by atoms with Crippen LogP contribution in [-0.4, -0.2) is 16.5 Å². The molecule has 0 saturated carbocycles. The Hall–Kier alpha value is -1.68. The number of hydrogen-bond donors (Lipinski definition) is 2. The molecule has 2 aromatic rings. The number of nitrogens with zero attached hydrogens (tertiary/aromatic N) is 2.